The van der Waals surface area contributed by atoms with Crippen molar-refractivity contribution in [1.82, 2.24) is 0 Å². The summed E-state index contributed by atoms with van der Waals surface area (Å²) in [6.07, 6.45) is 6.65. The Bertz CT molecular complexity index is 243. The molecule has 0 aliphatic heterocycles. The first kappa shape index (κ1) is 20.3. The lowest BCUT2D eigenvalue weighted by Crippen LogP contribution is -2.06. The van der Waals surface area contributed by atoms with Crippen LogP contribution in [-0.4, -0.2) is 36.7 Å². The third-order valence-electron chi connectivity index (χ3n) is 2.86. The molecule has 0 fully saturated rings. The number of thioether (sulfide) groups is 1. The molecule has 0 atom stereocenters. The second-order valence-electron chi connectivity index (χ2n) is 4.97. The first-order valence-corrected chi connectivity index (χ1v) is 9.25. The topological polar surface area (TPSA) is 52.6 Å². The molecule has 4 nitrogen and oxygen atoms in total. The predicted molar refractivity (Wildman–Crippen MR) is 87.5 cm³/mol. The maximum atomic E-state index is 11.3. The fourth-order valence-electron chi connectivity index (χ4n) is 1.54. The lowest BCUT2D eigenvalue weighted by atomic mass is 10.3. The molecule has 0 radical (unpaired) electrons. The SMILES string of the molecule is CCCCOC(=O)CCCSCCCC(=O)OCCCC. The Morgan fingerprint density at radius 2 is 1.19 bits per heavy atom. The van der Waals surface area contributed by atoms with Gasteiger partial charge in [0.25, 0.3) is 0 Å². The fraction of sp³-hybridized carbons (Fsp3) is 0.875. The number of hydrogen-bond acceptors (Lipinski definition) is 5. The average Bonchev–Trinajstić information content (AvgIpc) is 2.47. The summed E-state index contributed by atoms with van der Waals surface area (Å²) in [6.45, 7) is 5.24. The quantitative estimate of drug-likeness (QED) is 0.358. The molecule has 0 rings (SSSR count). The molecule has 0 aromatic rings. The van der Waals surface area contributed by atoms with Crippen LogP contribution in [0.4, 0.5) is 0 Å². The summed E-state index contributed by atoms with van der Waals surface area (Å²) in [4.78, 5) is 22.7. The molecular formula is C16H30O4S. The van der Waals surface area contributed by atoms with Gasteiger partial charge in [-0.15, -0.1) is 0 Å². The highest BCUT2D eigenvalue weighted by molar-refractivity contribution is 7.99. The van der Waals surface area contributed by atoms with E-state index >= 15 is 0 Å². The molecule has 5 heteroatoms. The second-order valence-corrected chi connectivity index (χ2v) is 6.19. The monoisotopic (exact) mass is 318 g/mol. The molecule has 0 heterocycles. The van der Waals surface area contributed by atoms with Gasteiger partial charge in [-0.25, -0.2) is 0 Å². The van der Waals surface area contributed by atoms with E-state index in [0.29, 0.717) is 26.1 Å². The zero-order valence-corrected chi connectivity index (χ0v) is 14.3. The van der Waals surface area contributed by atoms with Crippen molar-refractivity contribution >= 4 is 23.7 Å². The van der Waals surface area contributed by atoms with Crippen LogP contribution < -0.4 is 0 Å². The van der Waals surface area contributed by atoms with Crippen LogP contribution in [0.25, 0.3) is 0 Å². The Labute approximate surface area is 133 Å². The Balaban J connectivity index is 3.24. The van der Waals surface area contributed by atoms with Crippen LogP contribution in [0.3, 0.4) is 0 Å². The van der Waals surface area contributed by atoms with Gasteiger partial charge in [-0.05, 0) is 37.2 Å². The molecule has 0 aliphatic rings. The van der Waals surface area contributed by atoms with Crippen molar-refractivity contribution < 1.29 is 19.1 Å². The van der Waals surface area contributed by atoms with E-state index in [1.807, 2.05) is 0 Å². The molecule has 0 saturated carbocycles. The Morgan fingerprint density at radius 3 is 1.57 bits per heavy atom. The summed E-state index contributed by atoms with van der Waals surface area (Å²) in [5.74, 6) is 1.69. The van der Waals surface area contributed by atoms with Crippen molar-refractivity contribution in [2.75, 3.05) is 24.7 Å². The second kappa shape index (κ2) is 15.7. The van der Waals surface area contributed by atoms with Gasteiger partial charge in [0.15, 0.2) is 0 Å². The lowest BCUT2D eigenvalue weighted by Gasteiger charge is -2.05. The summed E-state index contributed by atoms with van der Waals surface area (Å²) in [5.41, 5.74) is 0. The number of carbonyl (C=O) groups excluding carboxylic acids is 2. The average molecular weight is 318 g/mol. The molecule has 0 saturated heterocycles. The van der Waals surface area contributed by atoms with Crippen LogP contribution in [0.15, 0.2) is 0 Å². The largest absolute Gasteiger partial charge is 0.466 e. The molecule has 0 amide bonds. The van der Waals surface area contributed by atoms with Crippen LogP contribution in [0, 0.1) is 0 Å². The molecular weight excluding hydrogens is 288 g/mol. The summed E-state index contributed by atoms with van der Waals surface area (Å²) in [7, 11) is 0. The normalized spacial score (nSPS) is 10.4. The standard InChI is InChI=1S/C16H30O4S/c1-3-5-11-19-15(17)9-7-13-21-14-8-10-16(18)20-12-6-4-2/h3-14H2,1-2H3. The van der Waals surface area contributed by atoms with Crippen LogP contribution in [0.5, 0.6) is 0 Å². The third kappa shape index (κ3) is 15.5. The highest BCUT2D eigenvalue weighted by atomic mass is 32.2. The number of ether oxygens (including phenoxy) is 2. The zero-order chi connectivity index (χ0) is 15.8. The molecule has 21 heavy (non-hydrogen) atoms. The van der Waals surface area contributed by atoms with Crippen molar-refractivity contribution in [2.45, 2.75) is 65.2 Å². The Morgan fingerprint density at radius 1 is 0.762 bits per heavy atom. The van der Waals surface area contributed by atoms with E-state index in [2.05, 4.69) is 13.8 Å². The summed E-state index contributed by atoms with van der Waals surface area (Å²) in [6, 6.07) is 0. The van der Waals surface area contributed by atoms with Crippen LogP contribution in [-0.2, 0) is 19.1 Å². The third-order valence-corrected chi connectivity index (χ3v) is 4.02. The molecule has 0 aliphatic carbocycles. The van der Waals surface area contributed by atoms with Crippen molar-refractivity contribution in [1.29, 1.82) is 0 Å². The van der Waals surface area contributed by atoms with E-state index < -0.39 is 0 Å². The number of rotatable bonds is 14. The molecule has 0 unspecified atom stereocenters. The van der Waals surface area contributed by atoms with Gasteiger partial charge in [0.1, 0.15) is 0 Å². The van der Waals surface area contributed by atoms with Crippen LogP contribution >= 0.6 is 11.8 Å². The van der Waals surface area contributed by atoms with Crippen LogP contribution in [0.2, 0.25) is 0 Å². The molecule has 0 aromatic heterocycles. The zero-order valence-electron chi connectivity index (χ0n) is 13.5. The summed E-state index contributed by atoms with van der Waals surface area (Å²) >= 11 is 1.78. The highest BCUT2D eigenvalue weighted by Gasteiger charge is 2.04. The minimum absolute atomic E-state index is 0.0939. The maximum absolute atomic E-state index is 11.3. The van der Waals surface area contributed by atoms with Crippen molar-refractivity contribution in [3.63, 3.8) is 0 Å². The number of unbranched alkanes of at least 4 members (excludes halogenated alkanes) is 2. The minimum atomic E-state index is -0.0939. The smallest absolute Gasteiger partial charge is 0.305 e. The van der Waals surface area contributed by atoms with E-state index in [-0.39, 0.29) is 11.9 Å². The fourth-order valence-corrected chi connectivity index (χ4v) is 2.45. The molecule has 0 bridgehead atoms. The lowest BCUT2D eigenvalue weighted by molar-refractivity contribution is -0.144. The van der Waals surface area contributed by atoms with Crippen molar-refractivity contribution in [2.24, 2.45) is 0 Å². The van der Waals surface area contributed by atoms with Gasteiger partial charge in [-0.2, -0.15) is 11.8 Å². The first-order valence-electron chi connectivity index (χ1n) is 8.09. The van der Waals surface area contributed by atoms with E-state index in [9.17, 15) is 9.59 Å². The van der Waals surface area contributed by atoms with Gasteiger partial charge in [0, 0.05) is 12.8 Å². The van der Waals surface area contributed by atoms with Crippen molar-refractivity contribution in [3.05, 3.63) is 0 Å². The molecule has 0 N–H and O–H groups in total. The van der Waals surface area contributed by atoms with Gasteiger partial charge < -0.3 is 9.47 Å². The number of hydrogen-bond donors (Lipinski definition) is 0. The van der Waals surface area contributed by atoms with Crippen LogP contribution in [0.1, 0.15) is 65.2 Å². The Hall–Kier alpha value is -0.710. The number of esters is 2. The van der Waals surface area contributed by atoms with Gasteiger partial charge in [-0.1, -0.05) is 26.7 Å². The molecule has 124 valence electrons. The van der Waals surface area contributed by atoms with Gasteiger partial charge in [0.2, 0.25) is 0 Å². The maximum Gasteiger partial charge on any atom is 0.305 e. The van der Waals surface area contributed by atoms with Crippen molar-refractivity contribution in [3.8, 4) is 0 Å². The molecule has 0 aromatic carbocycles. The first-order chi connectivity index (χ1) is 10.2. The minimum Gasteiger partial charge on any atom is -0.466 e. The molecule has 0 spiro atoms. The summed E-state index contributed by atoms with van der Waals surface area (Å²) in [5, 5.41) is 0. The van der Waals surface area contributed by atoms with Gasteiger partial charge in [-0.3, -0.25) is 9.59 Å². The van der Waals surface area contributed by atoms with Gasteiger partial charge in [0.05, 0.1) is 13.2 Å². The highest BCUT2D eigenvalue weighted by Crippen LogP contribution is 2.09. The van der Waals surface area contributed by atoms with E-state index in [0.717, 1.165) is 50.0 Å². The van der Waals surface area contributed by atoms with E-state index in [1.54, 1.807) is 11.8 Å². The summed E-state index contributed by atoms with van der Waals surface area (Å²) < 4.78 is 10.2. The predicted octanol–water partition coefficient (Wildman–Crippen LogP) is 3.97. The number of carbonyl (C=O) groups is 2. The van der Waals surface area contributed by atoms with E-state index in [1.165, 1.54) is 0 Å². The Kier molecular flexibility index (Phi) is 15.1. The van der Waals surface area contributed by atoms with Gasteiger partial charge >= 0.3 is 11.9 Å². The van der Waals surface area contributed by atoms with E-state index in [4.69, 9.17) is 9.47 Å².